The molecule has 9 heteroatoms. The molecule has 8 nitrogen and oxygen atoms in total. The van der Waals surface area contributed by atoms with Gasteiger partial charge in [-0.2, -0.15) is 5.10 Å². The first kappa shape index (κ1) is 17.3. The van der Waals surface area contributed by atoms with E-state index in [0.717, 1.165) is 41.0 Å². The third-order valence-electron chi connectivity index (χ3n) is 3.66. The van der Waals surface area contributed by atoms with E-state index in [1.54, 1.807) is 0 Å². The van der Waals surface area contributed by atoms with Crippen molar-refractivity contribution in [3.63, 3.8) is 0 Å². The van der Waals surface area contributed by atoms with Crippen molar-refractivity contribution in [1.82, 2.24) is 5.32 Å². The van der Waals surface area contributed by atoms with Crippen molar-refractivity contribution in [2.75, 3.05) is 6.79 Å². The maximum atomic E-state index is 11.5. The van der Waals surface area contributed by atoms with Crippen molar-refractivity contribution in [1.29, 1.82) is 0 Å². The van der Waals surface area contributed by atoms with Gasteiger partial charge in [0.25, 0.3) is 0 Å². The number of amidine groups is 1. The predicted octanol–water partition coefficient (Wildman–Crippen LogP) is 0.451. The molecule has 1 fully saturated rings. The smallest absolute Gasteiger partial charge is 0.231 e. The number of hydrogen-bond acceptors (Lipinski definition) is 8. The average Bonchev–Trinajstić information content (AvgIpc) is 3.05. The number of benzene rings is 1. The molecule has 1 aromatic carbocycles. The van der Waals surface area contributed by atoms with Gasteiger partial charge in [-0.05, 0) is 37.5 Å². The first-order chi connectivity index (χ1) is 12.0. The number of amides is 1. The number of carboxylic acid groups (broad SMARTS) is 1. The number of aryl methyl sites for hydroxylation is 1. The van der Waals surface area contributed by atoms with Gasteiger partial charge in [-0.15, -0.1) is 5.10 Å². The van der Waals surface area contributed by atoms with Gasteiger partial charge in [0.15, 0.2) is 16.7 Å². The Morgan fingerprint density at radius 2 is 2.20 bits per heavy atom. The van der Waals surface area contributed by atoms with Crippen LogP contribution in [0.5, 0.6) is 11.5 Å². The zero-order chi connectivity index (χ0) is 17.8. The summed E-state index contributed by atoms with van der Waals surface area (Å²) >= 11 is 0.932. The highest BCUT2D eigenvalue weighted by molar-refractivity contribution is 8.15. The Hall–Kier alpha value is -2.55. The molecular weight excluding hydrogens is 346 g/mol. The van der Waals surface area contributed by atoms with Crippen LogP contribution in [-0.4, -0.2) is 34.8 Å². The number of fused-ring (bicyclic) bond motifs is 1. The van der Waals surface area contributed by atoms with Crippen molar-refractivity contribution in [3.8, 4) is 11.5 Å². The van der Waals surface area contributed by atoms with Crippen LogP contribution in [-0.2, 0) is 16.0 Å². The minimum absolute atomic E-state index is 0.126. The van der Waals surface area contributed by atoms with Gasteiger partial charge in [0.2, 0.25) is 12.7 Å². The topological polar surface area (TPSA) is 112 Å². The van der Waals surface area contributed by atoms with Crippen molar-refractivity contribution < 1.29 is 24.2 Å². The van der Waals surface area contributed by atoms with Gasteiger partial charge in [0, 0.05) is 12.1 Å². The molecule has 1 atom stereocenters. The number of rotatable bonds is 5. The molecule has 2 aliphatic heterocycles. The number of carbonyl (C=O) groups excluding carboxylic acids is 2. The molecule has 2 aliphatic rings. The Labute approximate surface area is 148 Å². The van der Waals surface area contributed by atoms with Gasteiger partial charge >= 0.3 is 0 Å². The summed E-state index contributed by atoms with van der Waals surface area (Å²) in [6, 6.07) is 5.77. The molecule has 1 saturated heterocycles. The van der Waals surface area contributed by atoms with E-state index in [4.69, 9.17) is 9.47 Å². The number of carboxylic acids is 1. The largest absolute Gasteiger partial charge is 0.549 e. The van der Waals surface area contributed by atoms with Crippen molar-refractivity contribution >= 4 is 34.5 Å². The normalized spacial score (nSPS) is 21.3. The number of ether oxygens (including phenoxy) is 2. The number of thioether (sulfide) groups is 1. The number of carbonyl (C=O) groups is 2. The molecule has 1 N–H and O–H groups in total. The summed E-state index contributed by atoms with van der Waals surface area (Å²) in [6.07, 6.45) is 1.29. The fourth-order valence-corrected chi connectivity index (χ4v) is 3.19. The highest BCUT2D eigenvalue weighted by Gasteiger charge is 2.25. The Bertz CT molecular complexity index is 762. The van der Waals surface area contributed by atoms with E-state index in [1.165, 1.54) is 0 Å². The van der Waals surface area contributed by atoms with Crippen molar-refractivity contribution in [2.24, 2.45) is 10.2 Å². The van der Waals surface area contributed by atoms with E-state index in [9.17, 15) is 14.7 Å². The fraction of sp³-hybridized carbons (Fsp3) is 0.375. The Balaban J connectivity index is 1.58. The molecule has 25 heavy (non-hydrogen) atoms. The lowest BCUT2D eigenvalue weighted by atomic mass is 10.1. The van der Waals surface area contributed by atoms with Gasteiger partial charge in [0.05, 0.1) is 11.2 Å². The van der Waals surface area contributed by atoms with E-state index in [2.05, 4.69) is 15.5 Å². The van der Waals surface area contributed by atoms with Crippen LogP contribution in [0.15, 0.2) is 28.4 Å². The molecule has 0 saturated carbocycles. The second-order valence-electron chi connectivity index (χ2n) is 5.61. The van der Waals surface area contributed by atoms with E-state index in [-0.39, 0.29) is 18.4 Å². The SMILES string of the molecule is C/C(CCc1ccc2c(c1)OCO2)=N/N=C1\NC(=O)C[C@@H](C(=O)[O-])S1. The third kappa shape index (κ3) is 4.50. The summed E-state index contributed by atoms with van der Waals surface area (Å²) in [6.45, 7) is 2.07. The summed E-state index contributed by atoms with van der Waals surface area (Å²) in [5, 5.41) is 20.6. The molecule has 0 radical (unpaired) electrons. The monoisotopic (exact) mass is 362 g/mol. The maximum Gasteiger partial charge on any atom is 0.231 e. The molecule has 0 aliphatic carbocycles. The zero-order valence-corrected chi connectivity index (χ0v) is 14.3. The van der Waals surface area contributed by atoms with Gasteiger partial charge in [-0.1, -0.05) is 17.8 Å². The summed E-state index contributed by atoms with van der Waals surface area (Å²) in [5.41, 5.74) is 1.85. The van der Waals surface area contributed by atoms with Crippen LogP contribution in [0.1, 0.15) is 25.3 Å². The number of aliphatic carboxylic acids is 1. The quantitative estimate of drug-likeness (QED) is 0.601. The second kappa shape index (κ2) is 7.56. The maximum absolute atomic E-state index is 11.5. The third-order valence-corrected chi connectivity index (χ3v) is 4.71. The fourth-order valence-electron chi connectivity index (χ4n) is 2.33. The highest BCUT2D eigenvalue weighted by atomic mass is 32.2. The van der Waals surface area contributed by atoms with Crippen LogP contribution in [0.3, 0.4) is 0 Å². The van der Waals surface area contributed by atoms with E-state index in [0.29, 0.717) is 6.42 Å². The second-order valence-corrected chi connectivity index (χ2v) is 6.80. The molecule has 1 aromatic rings. The minimum atomic E-state index is -1.28. The highest BCUT2D eigenvalue weighted by Crippen LogP contribution is 2.32. The summed E-state index contributed by atoms with van der Waals surface area (Å²) in [7, 11) is 0. The number of nitrogens with zero attached hydrogens (tertiary/aromatic N) is 2. The predicted molar refractivity (Wildman–Crippen MR) is 90.6 cm³/mol. The van der Waals surface area contributed by atoms with Crippen LogP contribution in [0.2, 0.25) is 0 Å². The van der Waals surface area contributed by atoms with Crippen LogP contribution in [0.25, 0.3) is 0 Å². The summed E-state index contributed by atoms with van der Waals surface area (Å²) in [4.78, 5) is 22.4. The summed E-state index contributed by atoms with van der Waals surface area (Å²) < 4.78 is 10.6. The molecule has 1 amide bonds. The first-order valence-electron chi connectivity index (χ1n) is 7.68. The van der Waals surface area contributed by atoms with E-state index in [1.807, 2.05) is 25.1 Å². The van der Waals surface area contributed by atoms with E-state index < -0.39 is 17.1 Å². The molecule has 0 spiro atoms. The Kier molecular flexibility index (Phi) is 5.22. The van der Waals surface area contributed by atoms with Gasteiger partial charge < -0.3 is 24.7 Å². The average molecular weight is 362 g/mol. The molecule has 0 bridgehead atoms. The Morgan fingerprint density at radius 3 is 3.00 bits per heavy atom. The van der Waals surface area contributed by atoms with Crippen LogP contribution in [0.4, 0.5) is 0 Å². The molecule has 3 rings (SSSR count). The van der Waals surface area contributed by atoms with Crippen LogP contribution < -0.4 is 19.9 Å². The van der Waals surface area contributed by atoms with E-state index >= 15 is 0 Å². The molecule has 0 aromatic heterocycles. The van der Waals surface area contributed by atoms with Crippen LogP contribution >= 0.6 is 11.8 Å². The zero-order valence-electron chi connectivity index (χ0n) is 13.5. The van der Waals surface area contributed by atoms with Crippen molar-refractivity contribution in [2.45, 2.75) is 31.4 Å². The molecule has 2 heterocycles. The lowest BCUT2D eigenvalue weighted by Crippen LogP contribution is -2.44. The van der Waals surface area contributed by atoms with Gasteiger partial charge in [-0.3, -0.25) is 4.79 Å². The van der Waals surface area contributed by atoms with Crippen molar-refractivity contribution in [3.05, 3.63) is 23.8 Å². The first-order valence-corrected chi connectivity index (χ1v) is 8.56. The molecule has 132 valence electrons. The lowest BCUT2D eigenvalue weighted by molar-refractivity contribution is -0.304. The van der Waals surface area contributed by atoms with Crippen LogP contribution in [0, 0.1) is 0 Å². The van der Waals surface area contributed by atoms with Gasteiger partial charge in [0.1, 0.15) is 0 Å². The molecular formula is C16H16N3O5S-. The number of hydrogen-bond donors (Lipinski definition) is 1. The Morgan fingerprint density at radius 1 is 1.40 bits per heavy atom. The molecule has 0 unspecified atom stereocenters. The lowest BCUT2D eigenvalue weighted by Gasteiger charge is -2.22. The number of nitrogens with one attached hydrogen (secondary N) is 1. The standard InChI is InChI=1S/C16H17N3O5S/c1-9(2-3-10-4-5-11-12(6-10)24-8-23-11)18-19-16-17-14(20)7-13(25-16)15(21)22/h4-6,13H,2-3,7-8H2,1H3,(H,21,22)(H,17,19,20)/p-1/b18-9-/t13-/m0/s1. The van der Waals surface area contributed by atoms with Gasteiger partial charge in [-0.25, -0.2) is 0 Å². The minimum Gasteiger partial charge on any atom is -0.549 e. The summed E-state index contributed by atoms with van der Waals surface area (Å²) in [5.74, 6) is -0.203.